The van der Waals surface area contributed by atoms with Gasteiger partial charge in [-0.15, -0.1) is 0 Å². The largest absolute Gasteiger partial charge is 0.494 e. The number of aromatic nitrogens is 2. The first-order valence-corrected chi connectivity index (χ1v) is 9.42. The van der Waals surface area contributed by atoms with Crippen molar-refractivity contribution in [1.82, 2.24) is 9.55 Å². The molecule has 0 bridgehead atoms. The number of hydrogen-bond acceptors (Lipinski definition) is 5. The van der Waals surface area contributed by atoms with Gasteiger partial charge in [-0.25, -0.2) is 4.98 Å². The molecule has 3 aromatic rings. The molecule has 150 valence electrons. The normalized spacial score (nSPS) is 10.4. The third-order valence-corrected chi connectivity index (χ3v) is 4.12. The molecule has 1 N–H and O–H groups in total. The molecule has 1 amide bonds. The molecule has 0 fully saturated rings. The highest BCUT2D eigenvalue weighted by atomic mass is 16.5. The zero-order valence-corrected chi connectivity index (χ0v) is 16.4. The standard InChI is InChI=1S/C22H23N3O4/c1-3-28-17-11-9-16(10-12-17)19-13-22(27)25(15-23-19)14-21(26)24-18-7-5-6-8-20(18)29-4-2/h5-13,15H,3-4,14H2,1-2H3,(H,24,26). The summed E-state index contributed by atoms with van der Waals surface area (Å²) >= 11 is 0. The summed E-state index contributed by atoms with van der Waals surface area (Å²) in [5, 5.41) is 2.77. The predicted molar refractivity (Wildman–Crippen MR) is 111 cm³/mol. The highest BCUT2D eigenvalue weighted by Crippen LogP contribution is 2.23. The fourth-order valence-corrected chi connectivity index (χ4v) is 2.79. The van der Waals surface area contributed by atoms with Crippen molar-refractivity contribution in [1.29, 1.82) is 0 Å². The molecule has 29 heavy (non-hydrogen) atoms. The zero-order chi connectivity index (χ0) is 20.6. The summed E-state index contributed by atoms with van der Waals surface area (Å²) in [6.07, 6.45) is 1.38. The number of carbonyl (C=O) groups is 1. The monoisotopic (exact) mass is 393 g/mol. The van der Waals surface area contributed by atoms with Gasteiger partial charge < -0.3 is 14.8 Å². The van der Waals surface area contributed by atoms with E-state index in [0.717, 1.165) is 11.3 Å². The van der Waals surface area contributed by atoms with Crippen molar-refractivity contribution in [2.24, 2.45) is 0 Å². The van der Waals surface area contributed by atoms with Gasteiger partial charge in [-0.1, -0.05) is 12.1 Å². The second-order valence-electron chi connectivity index (χ2n) is 6.18. The molecule has 0 aliphatic heterocycles. The highest BCUT2D eigenvalue weighted by molar-refractivity contribution is 5.92. The Morgan fingerprint density at radius 3 is 2.45 bits per heavy atom. The van der Waals surface area contributed by atoms with Crippen LogP contribution in [-0.4, -0.2) is 28.7 Å². The molecule has 1 aromatic heterocycles. The van der Waals surface area contributed by atoms with E-state index in [9.17, 15) is 9.59 Å². The minimum Gasteiger partial charge on any atom is -0.494 e. The maximum Gasteiger partial charge on any atom is 0.254 e. The third-order valence-electron chi connectivity index (χ3n) is 4.12. The van der Waals surface area contributed by atoms with Crippen LogP contribution in [0.3, 0.4) is 0 Å². The molecule has 0 unspecified atom stereocenters. The van der Waals surface area contributed by atoms with Gasteiger partial charge in [0.05, 0.1) is 30.9 Å². The van der Waals surface area contributed by atoms with Gasteiger partial charge in [0.15, 0.2) is 0 Å². The van der Waals surface area contributed by atoms with E-state index in [1.807, 2.05) is 44.2 Å². The summed E-state index contributed by atoms with van der Waals surface area (Å²) in [7, 11) is 0. The van der Waals surface area contributed by atoms with Crippen LogP contribution >= 0.6 is 0 Å². The third kappa shape index (κ3) is 5.22. The summed E-state index contributed by atoms with van der Waals surface area (Å²) in [4.78, 5) is 29.1. The fraction of sp³-hybridized carbons (Fsp3) is 0.227. The Bertz CT molecular complexity index is 1030. The number of nitrogens with one attached hydrogen (secondary N) is 1. The van der Waals surface area contributed by atoms with Gasteiger partial charge in [0.1, 0.15) is 18.0 Å². The van der Waals surface area contributed by atoms with E-state index < -0.39 is 0 Å². The Balaban J connectivity index is 1.70. The Morgan fingerprint density at radius 2 is 1.76 bits per heavy atom. The van der Waals surface area contributed by atoms with Crippen LogP contribution in [0.15, 0.2) is 65.7 Å². The Morgan fingerprint density at radius 1 is 1.03 bits per heavy atom. The van der Waals surface area contributed by atoms with Crippen LogP contribution in [0.2, 0.25) is 0 Å². The van der Waals surface area contributed by atoms with E-state index in [2.05, 4.69) is 10.3 Å². The van der Waals surface area contributed by atoms with Crippen LogP contribution < -0.4 is 20.3 Å². The number of nitrogens with zero attached hydrogens (tertiary/aromatic N) is 2. The molecule has 0 radical (unpaired) electrons. The van der Waals surface area contributed by atoms with Crippen molar-refractivity contribution in [3.63, 3.8) is 0 Å². The quantitative estimate of drug-likeness (QED) is 0.635. The predicted octanol–water partition coefficient (Wildman–Crippen LogP) is 3.35. The zero-order valence-electron chi connectivity index (χ0n) is 16.4. The minimum absolute atomic E-state index is 0.143. The van der Waals surface area contributed by atoms with Gasteiger partial charge in [-0.05, 0) is 50.2 Å². The van der Waals surface area contributed by atoms with E-state index in [0.29, 0.717) is 30.3 Å². The lowest BCUT2D eigenvalue weighted by molar-refractivity contribution is -0.116. The summed E-state index contributed by atoms with van der Waals surface area (Å²) < 4.78 is 12.2. The molecule has 2 aromatic carbocycles. The number of hydrogen-bond donors (Lipinski definition) is 1. The van der Waals surface area contributed by atoms with E-state index in [4.69, 9.17) is 9.47 Å². The lowest BCUT2D eigenvalue weighted by Gasteiger charge is -2.12. The van der Waals surface area contributed by atoms with Crippen LogP contribution in [0.1, 0.15) is 13.8 Å². The topological polar surface area (TPSA) is 82.5 Å². The first kappa shape index (κ1) is 20.1. The van der Waals surface area contributed by atoms with Crippen LogP contribution in [-0.2, 0) is 11.3 Å². The summed E-state index contributed by atoms with van der Waals surface area (Å²) in [6, 6.07) is 15.9. The van der Waals surface area contributed by atoms with E-state index in [-0.39, 0.29) is 18.0 Å². The molecule has 3 rings (SSSR count). The Labute approximate surface area is 168 Å². The van der Waals surface area contributed by atoms with Gasteiger partial charge >= 0.3 is 0 Å². The van der Waals surface area contributed by atoms with E-state index >= 15 is 0 Å². The van der Waals surface area contributed by atoms with Gasteiger partial charge in [0.25, 0.3) is 5.56 Å². The molecule has 0 atom stereocenters. The van der Waals surface area contributed by atoms with E-state index in [1.165, 1.54) is 17.0 Å². The number of ether oxygens (including phenoxy) is 2. The highest BCUT2D eigenvalue weighted by Gasteiger charge is 2.10. The summed E-state index contributed by atoms with van der Waals surface area (Å²) in [5.74, 6) is 1.00. The van der Waals surface area contributed by atoms with Crippen molar-refractivity contribution in [2.45, 2.75) is 20.4 Å². The molecule has 0 spiro atoms. The number of anilines is 1. The Hall–Kier alpha value is -3.61. The molecule has 0 aliphatic carbocycles. The lowest BCUT2D eigenvalue weighted by atomic mass is 10.1. The minimum atomic E-state index is -0.338. The second kappa shape index (κ2) is 9.54. The van der Waals surface area contributed by atoms with Crippen LogP contribution in [0.5, 0.6) is 11.5 Å². The van der Waals surface area contributed by atoms with Crippen molar-refractivity contribution >= 4 is 11.6 Å². The van der Waals surface area contributed by atoms with E-state index in [1.54, 1.807) is 18.2 Å². The van der Waals surface area contributed by atoms with Gasteiger partial charge in [-0.3, -0.25) is 14.2 Å². The maximum absolute atomic E-state index is 12.4. The van der Waals surface area contributed by atoms with Crippen LogP contribution in [0.25, 0.3) is 11.3 Å². The molecular weight excluding hydrogens is 370 g/mol. The van der Waals surface area contributed by atoms with Crippen molar-refractivity contribution in [2.75, 3.05) is 18.5 Å². The average Bonchev–Trinajstić information content (AvgIpc) is 2.72. The van der Waals surface area contributed by atoms with Gasteiger partial charge in [0.2, 0.25) is 5.91 Å². The first-order valence-electron chi connectivity index (χ1n) is 9.42. The number of benzene rings is 2. The summed E-state index contributed by atoms with van der Waals surface area (Å²) in [5.41, 5.74) is 1.59. The Kier molecular flexibility index (Phi) is 6.63. The lowest BCUT2D eigenvalue weighted by Crippen LogP contribution is -2.27. The average molecular weight is 393 g/mol. The smallest absolute Gasteiger partial charge is 0.254 e. The maximum atomic E-state index is 12.4. The fourth-order valence-electron chi connectivity index (χ4n) is 2.79. The molecular formula is C22H23N3O4. The molecule has 1 heterocycles. The molecule has 7 heteroatoms. The molecule has 0 aliphatic rings. The first-order chi connectivity index (χ1) is 14.1. The summed E-state index contributed by atoms with van der Waals surface area (Å²) in [6.45, 7) is 4.72. The van der Waals surface area contributed by atoms with Gasteiger partial charge in [-0.2, -0.15) is 0 Å². The van der Waals surface area contributed by atoms with Crippen LogP contribution in [0.4, 0.5) is 5.69 Å². The molecule has 0 saturated heterocycles. The number of amides is 1. The van der Waals surface area contributed by atoms with Crippen LogP contribution in [0, 0.1) is 0 Å². The van der Waals surface area contributed by atoms with Crippen molar-refractivity contribution < 1.29 is 14.3 Å². The van der Waals surface area contributed by atoms with Crippen molar-refractivity contribution in [3.05, 3.63) is 71.3 Å². The SMILES string of the molecule is CCOc1ccc(-c2cc(=O)n(CC(=O)Nc3ccccc3OCC)cn2)cc1. The number of rotatable bonds is 8. The van der Waals surface area contributed by atoms with Crippen molar-refractivity contribution in [3.8, 4) is 22.8 Å². The van der Waals surface area contributed by atoms with Gasteiger partial charge in [0, 0.05) is 11.6 Å². The molecule has 0 saturated carbocycles. The second-order valence-corrected chi connectivity index (χ2v) is 6.18. The molecule has 7 nitrogen and oxygen atoms in total. The number of para-hydroxylation sites is 2. The number of carbonyl (C=O) groups excluding carboxylic acids is 1.